The van der Waals surface area contributed by atoms with Gasteiger partial charge in [-0.05, 0) is 24.1 Å². The fraction of sp³-hybridized carbons (Fsp3) is 0.235. The Balaban J connectivity index is 2.26. The fourth-order valence-electron chi connectivity index (χ4n) is 2.22. The first kappa shape index (κ1) is 14.3. The number of hydrogen-bond acceptors (Lipinski definition) is 2. The highest BCUT2D eigenvalue weighted by atomic mass is 16.3. The summed E-state index contributed by atoms with van der Waals surface area (Å²) >= 11 is 0. The largest absolute Gasteiger partial charge is 0.375 e. The molecule has 0 spiro atoms. The highest BCUT2D eigenvalue weighted by molar-refractivity contribution is 5.97. The molecule has 0 saturated carbocycles. The molecule has 2 aromatic carbocycles. The van der Waals surface area contributed by atoms with Crippen molar-refractivity contribution in [1.82, 2.24) is 0 Å². The summed E-state index contributed by atoms with van der Waals surface area (Å²) in [5.41, 5.74) is -0.190. The Labute approximate surface area is 119 Å². The zero-order valence-electron chi connectivity index (χ0n) is 11.5. The first-order chi connectivity index (χ1) is 9.66. The Kier molecular flexibility index (Phi) is 4.53. The van der Waals surface area contributed by atoms with Crippen LogP contribution in [0.5, 0.6) is 0 Å². The van der Waals surface area contributed by atoms with Gasteiger partial charge >= 0.3 is 0 Å². The second kappa shape index (κ2) is 6.35. The van der Waals surface area contributed by atoms with Gasteiger partial charge < -0.3 is 10.4 Å². The maximum absolute atomic E-state index is 12.5. The minimum Gasteiger partial charge on any atom is -0.375 e. The molecule has 1 amide bonds. The number of nitrogens with one attached hydrogen (secondary N) is 1. The molecule has 20 heavy (non-hydrogen) atoms. The zero-order valence-corrected chi connectivity index (χ0v) is 11.5. The molecule has 0 saturated heterocycles. The summed E-state index contributed by atoms with van der Waals surface area (Å²) < 4.78 is 0. The van der Waals surface area contributed by atoms with Crippen molar-refractivity contribution in [1.29, 1.82) is 0 Å². The van der Waals surface area contributed by atoms with E-state index < -0.39 is 11.5 Å². The molecule has 0 heterocycles. The summed E-state index contributed by atoms with van der Waals surface area (Å²) in [5, 5.41) is 13.6. The van der Waals surface area contributed by atoms with E-state index in [4.69, 9.17) is 0 Å². The summed E-state index contributed by atoms with van der Waals surface area (Å²) in [7, 11) is 0. The molecule has 0 aliphatic heterocycles. The van der Waals surface area contributed by atoms with E-state index in [1.807, 2.05) is 43.3 Å². The van der Waals surface area contributed by atoms with Crippen LogP contribution in [-0.2, 0) is 10.4 Å². The van der Waals surface area contributed by atoms with Gasteiger partial charge in [0.1, 0.15) is 0 Å². The van der Waals surface area contributed by atoms with Gasteiger partial charge in [-0.1, -0.05) is 61.9 Å². The van der Waals surface area contributed by atoms with E-state index in [-0.39, 0.29) is 0 Å². The molecule has 3 nitrogen and oxygen atoms in total. The lowest BCUT2D eigenvalue weighted by Crippen LogP contribution is -2.40. The molecule has 2 aromatic rings. The second-order valence-corrected chi connectivity index (χ2v) is 4.80. The molecule has 104 valence electrons. The summed E-state index contributed by atoms with van der Waals surface area (Å²) in [5.74, 6) is -0.392. The van der Waals surface area contributed by atoms with Crippen LogP contribution < -0.4 is 5.32 Å². The molecule has 0 radical (unpaired) electrons. The highest BCUT2D eigenvalue weighted by Crippen LogP contribution is 2.28. The monoisotopic (exact) mass is 269 g/mol. The number of amides is 1. The maximum Gasteiger partial charge on any atom is 0.260 e. The van der Waals surface area contributed by atoms with Crippen LogP contribution in [0.2, 0.25) is 0 Å². The standard InChI is InChI=1S/C17H19NO2/c1-2-13-17(20,14-9-5-3-6-10-14)16(19)18-15-11-7-4-8-12-15/h3-12,20H,2,13H2,1H3,(H,18,19). The summed E-state index contributed by atoms with van der Waals surface area (Å²) in [6, 6.07) is 18.2. The predicted molar refractivity (Wildman–Crippen MR) is 80.3 cm³/mol. The molecule has 0 bridgehead atoms. The van der Waals surface area contributed by atoms with Gasteiger partial charge in [0.05, 0.1) is 0 Å². The van der Waals surface area contributed by atoms with Crippen molar-refractivity contribution in [2.24, 2.45) is 0 Å². The van der Waals surface area contributed by atoms with Crippen LogP contribution in [0.3, 0.4) is 0 Å². The van der Waals surface area contributed by atoms with Crippen LogP contribution in [0.4, 0.5) is 5.69 Å². The Morgan fingerprint density at radius 2 is 1.60 bits per heavy atom. The molecule has 0 aliphatic carbocycles. The van der Waals surface area contributed by atoms with Gasteiger partial charge in [-0.15, -0.1) is 0 Å². The summed E-state index contributed by atoms with van der Waals surface area (Å²) in [6.07, 6.45) is 1.10. The van der Waals surface area contributed by atoms with Crippen LogP contribution >= 0.6 is 0 Å². The van der Waals surface area contributed by atoms with Crippen LogP contribution in [0, 0.1) is 0 Å². The number of hydrogen-bond donors (Lipinski definition) is 2. The van der Waals surface area contributed by atoms with Crippen molar-refractivity contribution < 1.29 is 9.90 Å². The maximum atomic E-state index is 12.5. The van der Waals surface area contributed by atoms with Crippen molar-refractivity contribution in [2.45, 2.75) is 25.4 Å². The Morgan fingerprint density at radius 1 is 1.05 bits per heavy atom. The van der Waals surface area contributed by atoms with Crippen LogP contribution in [-0.4, -0.2) is 11.0 Å². The van der Waals surface area contributed by atoms with Crippen LogP contribution in [0.1, 0.15) is 25.3 Å². The number of para-hydroxylation sites is 1. The number of carbonyl (C=O) groups excluding carboxylic acids is 1. The number of rotatable bonds is 5. The Bertz CT molecular complexity index is 554. The zero-order chi connectivity index (χ0) is 14.4. The third kappa shape index (κ3) is 3.06. The Hall–Kier alpha value is -2.13. The second-order valence-electron chi connectivity index (χ2n) is 4.80. The lowest BCUT2D eigenvalue weighted by atomic mass is 9.88. The van der Waals surface area contributed by atoms with Crippen molar-refractivity contribution in [2.75, 3.05) is 5.32 Å². The van der Waals surface area contributed by atoms with E-state index in [2.05, 4.69) is 5.32 Å². The van der Waals surface area contributed by atoms with E-state index in [9.17, 15) is 9.90 Å². The topological polar surface area (TPSA) is 49.3 Å². The Morgan fingerprint density at radius 3 is 2.15 bits per heavy atom. The van der Waals surface area contributed by atoms with E-state index in [1.165, 1.54) is 0 Å². The first-order valence-corrected chi connectivity index (χ1v) is 6.81. The van der Waals surface area contributed by atoms with Gasteiger partial charge in [0.25, 0.3) is 5.91 Å². The van der Waals surface area contributed by atoms with Crippen LogP contribution in [0.15, 0.2) is 60.7 Å². The smallest absolute Gasteiger partial charge is 0.260 e. The molecule has 2 N–H and O–H groups in total. The van der Waals surface area contributed by atoms with Crippen molar-refractivity contribution in [3.63, 3.8) is 0 Å². The third-order valence-electron chi connectivity index (χ3n) is 3.27. The number of aliphatic hydroxyl groups is 1. The van der Waals surface area contributed by atoms with Gasteiger partial charge in [0, 0.05) is 5.69 Å². The van der Waals surface area contributed by atoms with Gasteiger partial charge in [-0.2, -0.15) is 0 Å². The summed E-state index contributed by atoms with van der Waals surface area (Å²) in [6.45, 7) is 1.95. The lowest BCUT2D eigenvalue weighted by Gasteiger charge is -2.27. The molecular formula is C17H19NO2. The average molecular weight is 269 g/mol. The van der Waals surface area contributed by atoms with Gasteiger partial charge in [-0.25, -0.2) is 0 Å². The normalized spacial score (nSPS) is 13.5. The molecule has 3 heteroatoms. The predicted octanol–water partition coefficient (Wildman–Crippen LogP) is 3.31. The molecule has 1 atom stereocenters. The highest BCUT2D eigenvalue weighted by Gasteiger charge is 2.36. The molecule has 2 rings (SSSR count). The molecule has 0 aliphatic rings. The molecule has 1 unspecified atom stereocenters. The van der Waals surface area contributed by atoms with Crippen molar-refractivity contribution >= 4 is 11.6 Å². The number of anilines is 1. The summed E-state index contributed by atoms with van der Waals surface area (Å²) in [4.78, 5) is 12.5. The third-order valence-corrected chi connectivity index (χ3v) is 3.27. The van der Waals surface area contributed by atoms with Crippen molar-refractivity contribution in [3.05, 3.63) is 66.2 Å². The average Bonchev–Trinajstić information content (AvgIpc) is 2.49. The van der Waals surface area contributed by atoms with Crippen molar-refractivity contribution in [3.8, 4) is 0 Å². The number of carbonyl (C=O) groups is 1. The minimum absolute atomic E-state index is 0.385. The van der Waals surface area contributed by atoms with Gasteiger partial charge in [-0.3, -0.25) is 4.79 Å². The van der Waals surface area contributed by atoms with Gasteiger partial charge in [0.15, 0.2) is 5.60 Å². The lowest BCUT2D eigenvalue weighted by molar-refractivity contribution is -0.135. The molecule has 0 aromatic heterocycles. The molecule has 0 fully saturated rings. The quantitative estimate of drug-likeness (QED) is 0.875. The van der Waals surface area contributed by atoms with E-state index >= 15 is 0 Å². The minimum atomic E-state index is -1.49. The fourth-order valence-corrected chi connectivity index (χ4v) is 2.22. The first-order valence-electron chi connectivity index (χ1n) is 6.81. The van der Waals surface area contributed by atoms with Crippen LogP contribution in [0.25, 0.3) is 0 Å². The SMILES string of the molecule is CCCC(O)(C(=O)Nc1ccccc1)c1ccccc1. The van der Waals surface area contributed by atoms with E-state index in [0.717, 1.165) is 0 Å². The van der Waals surface area contributed by atoms with E-state index in [1.54, 1.807) is 24.3 Å². The number of benzene rings is 2. The van der Waals surface area contributed by atoms with Gasteiger partial charge in [0.2, 0.25) is 0 Å². The molecular weight excluding hydrogens is 250 g/mol. The van der Waals surface area contributed by atoms with E-state index in [0.29, 0.717) is 24.1 Å².